The van der Waals surface area contributed by atoms with Crippen LogP contribution in [0.15, 0.2) is 30.3 Å². The lowest BCUT2D eigenvalue weighted by Gasteiger charge is -1.99. The summed E-state index contributed by atoms with van der Waals surface area (Å²) in [6.45, 7) is 1.39. The maximum atomic E-state index is 10.7. The predicted octanol–water partition coefficient (Wildman–Crippen LogP) is 1.48. The molecule has 1 rings (SSSR count). The van der Waals surface area contributed by atoms with Crippen LogP contribution in [0, 0.1) is 10.1 Å². The first-order valence-electron chi connectivity index (χ1n) is 4.23. The minimum atomic E-state index is -0.491. The molecular weight excluding hydrogens is 196 g/mol. The normalized spacial score (nSPS) is 11.1. The Hall–Kier alpha value is -2.17. The van der Waals surface area contributed by atoms with Gasteiger partial charge in [0.1, 0.15) is 0 Å². The number of nitrogens with zero attached hydrogens (tertiary/aromatic N) is 1. The summed E-state index contributed by atoms with van der Waals surface area (Å²) in [7, 11) is 0. The molecule has 0 aliphatic carbocycles. The summed E-state index contributed by atoms with van der Waals surface area (Å²) in [5, 5.41) is 10.4. The summed E-state index contributed by atoms with van der Waals surface area (Å²) in [5.41, 5.74) is 6.48. The number of carbonyl (C=O) groups is 1. The number of nitro groups is 1. The fourth-order valence-electron chi connectivity index (χ4n) is 1.08. The number of rotatable bonds is 3. The average molecular weight is 206 g/mol. The van der Waals surface area contributed by atoms with Crippen molar-refractivity contribution in [3.8, 4) is 0 Å². The van der Waals surface area contributed by atoms with Gasteiger partial charge in [-0.15, -0.1) is 0 Å². The van der Waals surface area contributed by atoms with Crippen molar-refractivity contribution in [3.63, 3.8) is 0 Å². The largest absolute Gasteiger partial charge is 0.398 e. The third kappa shape index (κ3) is 2.91. The number of nitro benzene ring substituents is 1. The van der Waals surface area contributed by atoms with E-state index >= 15 is 0 Å². The third-order valence-corrected chi connectivity index (χ3v) is 1.77. The topological polar surface area (TPSA) is 86.2 Å². The van der Waals surface area contributed by atoms with Gasteiger partial charge in [-0.1, -0.05) is 0 Å². The first-order valence-corrected chi connectivity index (χ1v) is 4.23. The van der Waals surface area contributed by atoms with Gasteiger partial charge < -0.3 is 5.73 Å². The molecule has 0 unspecified atom stereocenters. The molecular formula is C10H10N2O3. The average Bonchev–Trinajstić information content (AvgIpc) is 2.17. The Kier molecular flexibility index (Phi) is 3.17. The second-order valence-electron chi connectivity index (χ2n) is 3.01. The van der Waals surface area contributed by atoms with E-state index in [0.717, 1.165) is 0 Å². The van der Waals surface area contributed by atoms with Crippen LogP contribution in [-0.4, -0.2) is 10.7 Å². The summed E-state index contributed by atoms with van der Waals surface area (Å²) < 4.78 is 0. The maximum absolute atomic E-state index is 10.7. The molecule has 0 amide bonds. The molecule has 0 aliphatic heterocycles. The van der Waals surface area contributed by atoms with Gasteiger partial charge in [0.2, 0.25) is 0 Å². The monoisotopic (exact) mass is 206 g/mol. The number of non-ortho nitro benzene ring substituents is 1. The first-order chi connectivity index (χ1) is 7.00. The van der Waals surface area contributed by atoms with Gasteiger partial charge in [-0.25, -0.2) is 0 Å². The van der Waals surface area contributed by atoms with E-state index in [1.807, 2.05) is 0 Å². The lowest BCUT2D eigenvalue weighted by molar-refractivity contribution is -0.384. The number of benzene rings is 1. The molecule has 78 valence electrons. The van der Waals surface area contributed by atoms with Crippen molar-refractivity contribution in [2.24, 2.45) is 5.73 Å². The molecule has 0 bridgehead atoms. The lowest BCUT2D eigenvalue weighted by atomic mass is 10.1. The molecule has 1 aromatic carbocycles. The molecule has 0 aliphatic rings. The van der Waals surface area contributed by atoms with Gasteiger partial charge in [-0.2, -0.15) is 0 Å². The van der Waals surface area contributed by atoms with Crippen LogP contribution < -0.4 is 5.73 Å². The predicted molar refractivity (Wildman–Crippen MR) is 55.9 cm³/mol. The summed E-state index contributed by atoms with van der Waals surface area (Å²) in [5.74, 6) is -0.161. The Bertz CT molecular complexity index is 421. The maximum Gasteiger partial charge on any atom is 0.269 e. The highest BCUT2D eigenvalue weighted by Crippen LogP contribution is 2.15. The van der Waals surface area contributed by atoms with E-state index in [1.54, 1.807) is 0 Å². The third-order valence-electron chi connectivity index (χ3n) is 1.77. The van der Waals surface area contributed by atoms with Gasteiger partial charge in [0, 0.05) is 23.9 Å². The summed E-state index contributed by atoms with van der Waals surface area (Å²) in [6, 6.07) is 5.70. The van der Waals surface area contributed by atoms with Crippen LogP contribution in [0.5, 0.6) is 0 Å². The number of carbonyl (C=O) groups excluding carboxylic acids is 1. The number of allylic oxidation sites excluding steroid dienone is 1. The van der Waals surface area contributed by atoms with E-state index in [2.05, 4.69) is 0 Å². The van der Waals surface area contributed by atoms with Crippen LogP contribution in [0.3, 0.4) is 0 Å². The molecule has 2 N–H and O–H groups in total. The second kappa shape index (κ2) is 4.36. The van der Waals surface area contributed by atoms with Gasteiger partial charge in [-0.05, 0) is 24.6 Å². The van der Waals surface area contributed by atoms with E-state index in [4.69, 9.17) is 5.73 Å². The molecule has 5 nitrogen and oxygen atoms in total. The number of nitrogens with two attached hydrogens (primary N) is 1. The molecule has 0 fully saturated rings. The van der Waals surface area contributed by atoms with Gasteiger partial charge in [0.05, 0.1) is 4.92 Å². The van der Waals surface area contributed by atoms with Crippen molar-refractivity contribution in [3.05, 3.63) is 46.0 Å². The second-order valence-corrected chi connectivity index (χ2v) is 3.01. The Labute approximate surface area is 86.4 Å². The number of hydrogen-bond acceptors (Lipinski definition) is 4. The van der Waals surface area contributed by atoms with Gasteiger partial charge in [-0.3, -0.25) is 14.9 Å². The highest BCUT2D eigenvalue weighted by molar-refractivity contribution is 5.94. The van der Waals surface area contributed by atoms with Crippen LogP contribution in [0.2, 0.25) is 0 Å². The summed E-state index contributed by atoms with van der Waals surface area (Å²) in [4.78, 5) is 20.6. The molecule has 0 aromatic heterocycles. The molecule has 15 heavy (non-hydrogen) atoms. The minimum Gasteiger partial charge on any atom is -0.398 e. The Morgan fingerprint density at radius 1 is 1.40 bits per heavy atom. The van der Waals surface area contributed by atoms with Crippen molar-refractivity contribution in [2.75, 3.05) is 0 Å². The highest BCUT2D eigenvalue weighted by Gasteiger charge is 2.05. The number of hydrogen-bond donors (Lipinski definition) is 1. The first kappa shape index (κ1) is 10.9. The molecule has 0 heterocycles. The Balaban J connectivity index is 2.99. The van der Waals surface area contributed by atoms with E-state index in [-0.39, 0.29) is 11.5 Å². The summed E-state index contributed by atoms with van der Waals surface area (Å²) >= 11 is 0. The van der Waals surface area contributed by atoms with Crippen molar-refractivity contribution in [2.45, 2.75) is 6.92 Å². The lowest BCUT2D eigenvalue weighted by Crippen LogP contribution is -1.99. The van der Waals surface area contributed by atoms with Crippen LogP contribution in [-0.2, 0) is 4.79 Å². The molecule has 0 saturated carbocycles. The fraction of sp³-hybridized carbons (Fsp3) is 0.100. The van der Waals surface area contributed by atoms with Crippen molar-refractivity contribution in [1.82, 2.24) is 0 Å². The van der Waals surface area contributed by atoms with E-state index in [1.165, 1.54) is 37.3 Å². The van der Waals surface area contributed by atoms with Crippen molar-refractivity contribution in [1.29, 1.82) is 0 Å². The highest BCUT2D eigenvalue weighted by atomic mass is 16.6. The van der Waals surface area contributed by atoms with Crippen LogP contribution in [0.4, 0.5) is 5.69 Å². The van der Waals surface area contributed by atoms with Crippen molar-refractivity contribution >= 4 is 17.2 Å². The van der Waals surface area contributed by atoms with Gasteiger partial charge >= 0.3 is 0 Å². The minimum absolute atomic E-state index is 0.00521. The molecule has 5 heteroatoms. The zero-order valence-corrected chi connectivity index (χ0v) is 8.14. The SMILES string of the molecule is CC(=O)/C=C(\N)c1ccc([N+](=O)[O-])cc1. The molecule has 1 aromatic rings. The zero-order valence-electron chi connectivity index (χ0n) is 8.14. The zero-order chi connectivity index (χ0) is 11.4. The molecule has 0 spiro atoms. The smallest absolute Gasteiger partial charge is 0.269 e. The molecule has 0 radical (unpaired) electrons. The quantitative estimate of drug-likeness (QED) is 0.461. The fourth-order valence-corrected chi connectivity index (χ4v) is 1.08. The number of ketones is 1. The standard InChI is InChI=1S/C10H10N2O3/c1-7(13)6-10(11)8-2-4-9(5-3-8)12(14)15/h2-6H,11H2,1H3/b10-6-. The van der Waals surface area contributed by atoms with Gasteiger partial charge in [0.25, 0.3) is 5.69 Å². The van der Waals surface area contributed by atoms with E-state index in [0.29, 0.717) is 11.3 Å². The molecule has 0 atom stereocenters. The summed E-state index contributed by atoms with van der Waals surface area (Å²) in [6.07, 6.45) is 1.28. The van der Waals surface area contributed by atoms with Crippen LogP contribution in [0.25, 0.3) is 5.70 Å². The molecule has 0 saturated heterocycles. The van der Waals surface area contributed by atoms with E-state index < -0.39 is 4.92 Å². The Morgan fingerprint density at radius 3 is 2.33 bits per heavy atom. The van der Waals surface area contributed by atoms with Gasteiger partial charge in [0.15, 0.2) is 5.78 Å². The van der Waals surface area contributed by atoms with E-state index in [9.17, 15) is 14.9 Å². The van der Waals surface area contributed by atoms with Crippen molar-refractivity contribution < 1.29 is 9.72 Å². The van der Waals surface area contributed by atoms with Crippen LogP contribution in [0.1, 0.15) is 12.5 Å². The Morgan fingerprint density at radius 2 is 1.93 bits per heavy atom. The van der Waals surface area contributed by atoms with Crippen LogP contribution >= 0.6 is 0 Å².